The van der Waals surface area contributed by atoms with Crippen molar-refractivity contribution in [2.75, 3.05) is 12.4 Å². The molecule has 0 heterocycles. The summed E-state index contributed by atoms with van der Waals surface area (Å²) in [5, 5.41) is 2.80. The molecule has 0 aromatic heterocycles. The van der Waals surface area contributed by atoms with Gasteiger partial charge in [0.2, 0.25) is 15.9 Å². The summed E-state index contributed by atoms with van der Waals surface area (Å²) in [4.78, 5) is 13.4. The van der Waals surface area contributed by atoms with Gasteiger partial charge in [0.05, 0.1) is 17.7 Å². The van der Waals surface area contributed by atoms with Crippen LogP contribution in [0.25, 0.3) is 0 Å². The predicted octanol–water partition coefficient (Wildman–Crippen LogP) is 4.15. The van der Waals surface area contributed by atoms with Gasteiger partial charge in [-0.1, -0.05) is 60.2 Å². The number of carbonyl (C=O) groups excluding carboxylic acids is 1. The van der Waals surface area contributed by atoms with Crippen LogP contribution in [-0.4, -0.2) is 27.5 Å². The van der Waals surface area contributed by atoms with Crippen LogP contribution < -0.4 is 14.8 Å². The fourth-order valence-corrected chi connectivity index (χ4v) is 5.49. The number of para-hydroxylation sites is 2. The van der Waals surface area contributed by atoms with Crippen molar-refractivity contribution in [3.05, 3.63) is 89.0 Å². The molecule has 1 unspecified atom stereocenters. The van der Waals surface area contributed by atoms with Crippen LogP contribution >= 0.6 is 0 Å². The van der Waals surface area contributed by atoms with E-state index in [-0.39, 0.29) is 11.3 Å². The summed E-state index contributed by atoms with van der Waals surface area (Å²) < 4.78 is 34.6. The average molecular weight is 453 g/mol. The molecule has 0 aliphatic heterocycles. The van der Waals surface area contributed by atoms with Gasteiger partial charge in [-0.25, -0.2) is 8.42 Å². The largest absolute Gasteiger partial charge is 0.495 e. The minimum atomic E-state index is -3.95. The van der Waals surface area contributed by atoms with Crippen LogP contribution in [-0.2, 0) is 21.2 Å². The van der Waals surface area contributed by atoms with Crippen molar-refractivity contribution < 1.29 is 17.9 Å². The lowest BCUT2D eigenvalue weighted by atomic mass is 10.1. The van der Waals surface area contributed by atoms with Crippen LogP contribution in [0.2, 0.25) is 0 Å². The zero-order valence-electron chi connectivity index (χ0n) is 18.7. The summed E-state index contributed by atoms with van der Waals surface area (Å²) in [7, 11) is -2.44. The monoisotopic (exact) mass is 452 g/mol. The van der Waals surface area contributed by atoms with E-state index >= 15 is 0 Å². The van der Waals surface area contributed by atoms with Crippen molar-refractivity contribution in [3.63, 3.8) is 0 Å². The summed E-state index contributed by atoms with van der Waals surface area (Å²) in [6.07, 6.45) is 0.199. The molecule has 2 N–H and O–H groups in total. The number of benzene rings is 3. The Balaban J connectivity index is 1.95. The maximum atomic E-state index is 13.3. The number of aryl methyl sites for hydroxylation is 3. The summed E-state index contributed by atoms with van der Waals surface area (Å²) in [5.41, 5.74) is 3.57. The Morgan fingerprint density at radius 3 is 2.16 bits per heavy atom. The number of rotatable bonds is 8. The Bertz CT molecular complexity index is 1180. The van der Waals surface area contributed by atoms with E-state index in [1.807, 2.05) is 49.4 Å². The van der Waals surface area contributed by atoms with E-state index in [9.17, 15) is 13.2 Å². The smallest absolute Gasteiger partial charge is 0.243 e. The first-order valence-corrected chi connectivity index (χ1v) is 11.8. The van der Waals surface area contributed by atoms with Gasteiger partial charge in [-0.05, 0) is 56.0 Å². The normalized spacial score (nSPS) is 12.2. The first-order valence-electron chi connectivity index (χ1n) is 10.3. The fraction of sp³-hybridized carbons (Fsp3) is 0.240. The second-order valence-corrected chi connectivity index (χ2v) is 9.43. The Labute approximate surface area is 189 Å². The van der Waals surface area contributed by atoms with Crippen LogP contribution in [0.15, 0.2) is 71.6 Å². The van der Waals surface area contributed by atoms with Gasteiger partial charge in [0.25, 0.3) is 0 Å². The molecule has 3 rings (SSSR count). The Morgan fingerprint density at radius 2 is 1.53 bits per heavy atom. The van der Waals surface area contributed by atoms with Gasteiger partial charge >= 0.3 is 0 Å². The van der Waals surface area contributed by atoms with Gasteiger partial charge in [0, 0.05) is 0 Å². The number of anilines is 1. The maximum absolute atomic E-state index is 13.3. The number of hydrogen-bond donors (Lipinski definition) is 2. The molecule has 168 valence electrons. The van der Waals surface area contributed by atoms with Gasteiger partial charge < -0.3 is 10.1 Å². The van der Waals surface area contributed by atoms with Gasteiger partial charge in [0.15, 0.2) is 0 Å². The van der Waals surface area contributed by atoms with E-state index in [4.69, 9.17) is 4.74 Å². The SMILES string of the molecule is COc1ccccc1NC(=O)C(Cc1ccccc1)NS(=O)(=O)c1c(C)cc(C)cc1C. The van der Waals surface area contributed by atoms with E-state index in [2.05, 4.69) is 10.0 Å². The third kappa shape index (κ3) is 5.55. The van der Waals surface area contributed by atoms with E-state index in [1.54, 1.807) is 38.1 Å². The first-order chi connectivity index (χ1) is 15.2. The third-order valence-electron chi connectivity index (χ3n) is 5.13. The first kappa shape index (κ1) is 23.5. The molecule has 0 aliphatic rings. The van der Waals surface area contributed by atoms with Crippen molar-refractivity contribution in [1.82, 2.24) is 4.72 Å². The number of methoxy groups -OCH3 is 1. The second-order valence-electron chi connectivity index (χ2n) is 7.78. The molecule has 1 amide bonds. The van der Waals surface area contributed by atoms with Crippen LogP contribution in [0.4, 0.5) is 5.69 Å². The highest BCUT2D eigenvalue weighted by Crippen LogP contribution is 2.25. The van der Waals surface area contributed by atoms with Crippen LogP contribution in [0, 0.1) is 20.8 Å². The standard InChI is InChI=1S/C25H28N2O4S/c1-17-14-18(2)24(19(3)15-17)32(29,30)27-22(16-20-10-6-5-7-11-20)25(28)26-21-12-8-9-13-23(21)31-4/h5-15,22,27H,16H2,1-4H3,(H,26,28). The van der Waals surface area contributed by atoms with E-state index in [0.29, 0.717) is 22.6 Å². The second kappa shape index (κ2) is 9.97. The third-order valence-corrected chi connectivity index (χ3v) is 6.91. The molecular weight excluding hydrogens is 424 g/mol. The summed E-state index contributed by atoms with van der Waals surface area (Å²) in [6, 6.07) is 18.9. The summed E-state index contributed by atoms with van der Waals surface area (Å²) in [6.45, 7) is 5.44. The lowest BCUT2D eigenvalue weighted by Crippen LogP contribution is -2.45. The molecule has 0 saturated heterocycles. The van der Waals surface area contributed by atoms with Gasteiger partial charge in [-0.2, -0.15) is 4.72 Å². The lowest BCUT2D eigenvalue weighted by molar-refractivity contribution is -0.117. The van der Waals surface area contributed by atoms with Crippen molar-refractivity contribution in [2.45, 2.75) is 38.1 Å². The van der Waals surface area contributed by atoms with Gasteiger partial charge in [-0.3, -0.25) is 4.79 Å². The van der Waals surface area contributed by atoms with Gasteiger partial charge in [-0.15, -0.1) is 0 Å². The van der Waals surface area contributed by atoms with Gasteiger partial charge in [0.1, 0.15) is 11.8 Å². The number of amides is 1. The molecule has 0 fully saturated rings. The molecule has 0 radical (unpaired) electrons. The highest BCUT2D eigenvalue weighted by molar-refractivity contribution is 7.89. The molecule has 0 saturated carbocycles. The highest BCUT2D eigenvalue weighted by atomic mass is 32.2. The molecule has 32 heavy (non-hydrogen) atoms. The number of nitrogens with one attached hydrogen (secondary N) is 2. The quantitative estimate of drug-likeness (QED) is 0.538. The number of hydrogen-bond acceptors (Lipinski definition) is 4. The zero-order chi connectivity index (χ0) is 23.3. The molecule has 0 bridgehead atoms. The minimum absolute atomic E-state index is 0.199. The minimum Gasteiger partial charge on any atom is -0.495 e. The Hall–Kier alpha value is -3.16. The summed E-state index contributed by atoms with van der Waals surface area (Å²) in [5.74, 6) is 0.0248. The molecular formula is C25H28N2O4S. The van der Waals surface area contributed by atoms with Crippen molar-refractivity contribution in [1.29, 1.82) is 0 Å². The molecule has 3 aromatic rings. The molecule has 7 heteroatoms. The molecule has 6 nitrogen and oxygen atoms in total. The topological polar surface area (TPSA) is 84.5 Å². The molecule has 3 aromatic carbocycles. The van der Waals surface area contributed by atoms with Crippen molar-refractivity contribution >= 4 is 21.6 Å². The number of sulfonamides is 1. The predicted molar refractivity (Wildman–Crippen MR) is 127 cm³/mol. The zero-order valence-corrected chi connectivity index (χ0v) is 19.5. The highest BCUT2D eigenvalue weighted by Gasteiger charge is 2.29. The molecule has 0 spiro atoms. The summed E-state index contributed by atoms with van der Waals surface area (Å²) >= 11 is 0. The number of ether oxygens (including phenoxy) is 1. The van der Waals surface area contributed by atoms with Crippen LogP contribution in [0.1, 0.15) is 22.3 Å². The molecule has 0 aliphatic carbocycles. The van der Waals surface area contributed by atoms with Crippen LogP contribution in [0.3, 0.4) is 0 Å². The van der Waals surface area contributed by atoms with Crippen molar-refractivity contribution in [3.8, 4) is 5.75 Å². The Kier molecular flexibility index (Phi) is 7.33. The Morgan fingerprint density at radius 1 is 0.938 bits per heavy atom. The van der Waals surface area contributed by atoms with E-state index in [0.717, 1.165) is 11.1 Å². The maximum Gasteiger partial charge on any atom is 0.243 e. The lowest BCUT2D eigenvalue weighted by Gasteiger charge is -2.21. The van der Waals surface area contributed by atoms with E-state index < -0.39 is 22.0 Å². The molecule has 1 atom stereocenters. The van der Waals surface area contributed by atoms with E-state index in [1.165, 1.54) is 7.11 Å². The number of carbonyl (C=O) groups is 1. The fourth-order valence-electron chi connectivity index (χ4n) is 3.84. The average Bonchev–Trinajstić information content (AvgIpc) is 2.73. The van der Waals surface area contributed by atoms with Crippen molar-refractivity contribution in [2.24, 2.45) is 0 Å². The van der Waals surface area contributed by atoms with Crippen LogP contribution in [0.5, 0.6) is 5.75 Å².